The molecule has 2 N–H and O–H groups in total. The van der Waals surface area contributed by atoms with Crippen molar-refractivity contribution in [1.82, 2.24) is 14.7 Å². The van der Waals surface area contributed by atoms with E-state index in [9.17, 15) is 9.59 Å². The van der Waals surface area contributed by atoms with Gasteiger partial charge >= 0.3 is 6.03 Å². The maximum Gasteiger partial charge on any atom is 0.322 e. The number of aromatic nitrogens is 2. The quantitative estimate of drug-likeness (QED) is 0.588. The van der Waals surface area contributed by atoms with E-state index in [1.165, 1.54) is 4.90 Å². The highest BCUT2D eigenvalue weighted by Gasteiger charge is 2.26. The minimum Gasteiger partial charge on any atom is -0.315 e. The monoisotopic (exact) mass is 467 g/mol. The third-order valence-corrected chi connectivity index (χ3v) is 5.40. The van der Waals surface area contributed by atoms with Gasteiger partial charge in [-0.1, -0.05) is 50.0 Å². The van der Waals surface area contributed by atoms with E-state index in [4.69, 9.17) is 28.3 Å². The van der Waals surface area contributed by atoms with E-state index < -0.39 is 6.03 Å². The Kier molecular flexibility index (Phi) is 7.66. The number of nitrogens with zero attached hydrogens (tertiary/aromatic N) is 3. The molecule has 0 fully saturated rings. The third kappa shape index (κ3) is 6.37. The number of benzene rings is 1. The number of carbonyl (C=O) groups excluding carboxylic acids is 2. The molecule has 0 aliphatic rings. The molecule has 0 radical (unpaired) electrons. The number of amides is 3. The Labute approximate surface area is 194 Å². The topological polar surface area (TPSA) is 79.3 Å². The zero-order chi connectivity index (χ0) is 23.6. The number of anilines is 2. The average molecular weight is 468 g/mol. The van der Waals surface area contributed by atoms with Crippen LogP contribution in [0.25, 0.3) is 0 Å². The van der Waals surface area contributed by atoms with Crippen LogP contribution >= 0.6 is 23.2 Å². The lowest BCUT2D eigenvalue weighted by Crippen LogP contribution is -2.41. The maximum absolute atomic E-state index is 12.8. The van der Waals surface area contributed by atoms with Crippen LogP contribution in [0.2, 0.25) is 10.0 Å². The van der Waals surface area contributed by atoms with E-state index in [-0.39, 0.29) is 28.4 Å². The van der Waals surface area contributed by atoms with Gasteiger partial charge in [0.15, 0.2) is 0 Å². The summed E-state index contributed by atoms with van der Waals surface area (Å²) in [6.45, 7) is 14.3. The summed E-state index contributed by atoms with van der Waals surface area (Å²) < 4.78 is 1.80. The SMILES string of the molecule is CCN(CC(=O)Nc1cc(C(C)(C)C)nn1C(C)(C)C)C(=O)Nc1cccc(Cl)c1Cl. The fraction of sp³-hybridized carbons (Fsp3) is 0.500. The highest BCUT2D eigenvalue weighted by molar-refractivity contribution is 6.43. The molecule has 2 rings (SSSR count). The van der Waals surface area contributed by atoms with Gasteiger partial charge in [0.2, 0.25) is 5.91 Å². The van der Waals surface area contributed by atoms with Gasteiger partial charge in [0.1, 0.15) is 12.4 Å². The number of hydrogen-bond donors (Lipinski definition) is 2. The summed E-state index contributed by atoms with van der Waals surface area (Å²) in [5.41, 5.74) is 0.774. The van der Waals surface area contributed by atoms with Crippen molar-refractivity contribution in [3.8, 4) is 0 Å². The Balaban J connectivity index is 2.16. The molecule has 3 amide bonds. The summed E-state index contributed by atoms with van der Waals surface area (Å²) >= 11 is 12.1. The second kappa shape index (κ2) is 9.49. The zero-order valence-electron chi connectivity index (χ0n) is 19.1. The Morgan fingerprint density at radius 3 is 2.29 bits per heavy atom. The lowest BCUT2D eigenvalue weighted by Gasteiger charge is -2.24. The van der Waals surface area contributed by atoms with E-state index >= 15 is 0 Å². The van der Waals surface area contributed by atoms with Crippen molar-refractivity contribution in [2.45, 2.75) is 59.4 Å². The average Bonchev–Trinajstić information content (AvgIpc) is 3.08. The molecular formula is C22H31Cl2N5O2. The fourth-order valence-corrected chi connectivity index (χ4v) is 3.17. The normalized spacial score (nSPS) is 11.9. The number of likely N-dealkylation sites (N-methyl/N-ethyl adjacent to an activating group) is 1. The maximum atomic E-state index is 12.8. The predicted molar refractivity (Wildman–Crippen MR) is 127 cm³/mol. The minimum atomic E-state index is -0.443. The second-order valence-corrected chi connectivity index (χ2v) is 10.1. The number of nitrogens with one attached hydrogen (secondary N) is 2. The van der Waals surface area contributed by atoms with Gasteiger partial charge in [-0.2, -0.15) is 5.10 Å². The molecule has 170 valence electrons. The molecule has 31 heavy (non-hydrogen) atoms. The van der Waals surface area contributed by atoms with Crippen LogP contribution < -0.4 is 10.6 Å². The van der Waals surface area contributed by atoms with Crippen LogP contribution in [0.3, 0.4) is 0 Å². The van der Waals surface area contributed by atoms with Crippen molar-refractivity contribution < 1.29 is 9.59 Å². The van der Waals surface area contributed by atoms with Crippen molar-refractivity contribution in [2.24, 2.45) is 0 Å². The molecule has 1 aromatic carbocycles. The Bertz CT molecular complexity index is 958. The van der Waals surface area contributed by atoms with E-state index in [1.807, 2.05) is 26.8 Å². The first-order valence-electron chi connectivity index (χ1n) is 10.1. The first-order chi connectivity index (χ1) is 14.2. The van der Waals surface area contributed by atoms with E-state index in [1.54, 1.807) is 29.8 Å². The number of urea groups is 1. The van der Waals surface area contributed by atoms with E-state index in [0.717, 1.165) is 5.69 Å². The van der Waals surface area contributed by atoms with Crippen molar-refractivity contribution in [2.75, 3.05) is 23.7 Å². The van der Waals surface area contributed by atoms with Gasteiger partial charge in [-0.3, -0.25) is 4.79 Å². The number of rotatable bonds is 5. The number of hydrogen-bond acceptors (Lipinski definition) is 3. The van der Waals surface area contributed by atoms with Gasteiger partial charge in [0.25, 0.3) is 0 Å². The second-order valence-electron chi connectivity index (χ2n) is 9.34. The molecule has 0 unspecified atom stereocenters. The largest absolute Gasteiger partial charge is 0.322 e. The van der Waals surface area contributed by atoms with Crippen LogP contribution in [0.4, 0.5) is 16.3 Å². The third-order valence-electron chi connectivity index (χ3n) is 4.58. The molecule has 0 spiro atoms. The zero-order valence-corrected chi connectivity index (χ0v) is 20.6. The van der Waals surface area contributed by atoms with Crippen LogP contribution in [0.1, 0.15) is 54.2 Å². The fourth-order valence-electron chi connectivity index (χ4n) is 2.83. The molecule has 0 saturated carbocycles. The molecule has 2 aromatic rings. The molecule has 1 heterocycles. The lowest BCUT2D eigenvalue weighted by molar-refractivity contribution is -0.116. The van der Waals surface area contributed by atoms with Gasteiger partial charge in [-0.15, -0.1) is 0 Å². The summed E-state index contributed by atoms with van der Waals surface area (Å²) in [7, 11) is 0. The summed E-state index contributed by atoms with van der Waals surface area (Å²) in [5, 5.41) is 10.9. The van der Waals surface area contributed by atoms with Crippen LogP contribution in [0.5, 0.6) is 0 Å². The van der Waals surface area contributed by atoms with Crippen molar-refractivity contribution in [3.05, 3.63) is 40.0 Å². The van der Waals surface area contributed by atoms with Gasteiger partial charge in [0, 0.05) is 18.0 Å². The number of carbonyl (C=O) groups is 2. The van der Waals surface area contributed by atoms with E-state index in [0.29, 0.717) is 23.1 Å². The highest BCUT2D eigenvalue weighted by Crippen LogP contribution is 2.30. The van der Waals surface area contributed by atoms with Gasteiger partial charge in [0.05, 0.1) is 27.0 Å². The molecule has 0 bridgehead atoms. The molecule has 0 atom stereocenters. The van der Waals surface area contributed by atoms with Crippen LogP contribution in [-0.2, 0) is 15.7 Å². The Morgan fingerprint density at radius 2 is 1.74 bits per heavy atom. The number of halogens is 2. The van der Waals surface area contributed by atoms with Crippen molar-refractivity contribution in [3.63, 3.8) is 0 Å². The summed E-state index contributed by atoms with van der Waals surface area (Å²) in [5.74, 6) is 0.275. The Morgan fingerprint density at radius 1 is 1.10 bits per heavy atom. The first kappa shape index (κ1) is 25.0. The van der Waals surface area contributed by atoms with Gasteiger partial charge in [-0.25, -0.2) is 9.48 Å². The molecular weight excluding hydrogens is 437 g/mol. The molecule has 0 aliphatic carbocycles. The standard InChI is InChI=1S/C22H31Cl2N5O2/c1-8-28(20(31)25-15-11-9-10-14(23)19(15)24)13-18(30)26-17-12-16(21(2,3)4)27-29(17)22(5,6)7/h9-12H,8,13H2,1-7H3,(H,25,31)(H,26,30). The minimum absolute atomic E-state index is 0.124. The molecule has 0 saturated heterocycles. The van der Waals surface area contributed by atoms with Crippen LogP contribution in [0.15, 0.2) is 24.3 Å². The summed E-state index contributed by atoms with van der Waals surface area (Å²) in [6.07, 6.45) is 0. The van der Waals surface area contributed by atoms with Gasteiger partial charge < -0.3 is 15.5 Å². The first-order valence-corrected chi connectivity index (χ1v) is 10.9. The lowest BCUT2D eigenvalue weighted by atomic mass is 9.92. The molecule has 1 aromatic heterocycles. The summed E-state index contributed by atoms with van der Waals surface area (Å²) in [6, 6.07) is 6.41. The summed E-state index contributed by atoms with van der Waals surface area (Å²) in [4.78, 5) is 26.8. The predicted octanol–water partition coefficient (Wildman–Crippen LogP) is 5.73. The molecule has 0 aliphatic heterocycles. The molecule has 7 nitrogen and oxygen atoms in total. The van der Waals surface area contributed by atoms with E-state index in [2.05, 4.69) is 31.4 Å². The van der Waals surface area contributed by atoms with Crippen molar-refractivity contribution >= 4 is 46.6 Å². The Hall–Kier alpha value is -2.25. The smallest absolute Gasteiger partial charge is 0.315 e. The molecule has 9 heteroatoms. The van der Waals surface area contributed by atoms with Crippen molar-refractivity contribution in [1.29, 1.82) is 0 Å². The van der Waals surface area contributed by atoms with Crippen LogP contribution in [-0.4, -0.2) is 39.7 Å². The van der Waals surface area contributed by atoms with Crippen LogP contribution in [0, 0.1) is 0 Å². The van der Waals surface area contributed by atoms with Gasteiger partial charge in [-0.05, 0) is 39.8 Å². The highest BCUT2D eigenvalue weighted by atomic mass is 35.5.